The number of rotatable bonds is 5. The van der Waals surface area contributed by atoms with Crippen molar-refractivity contribution in [2.24, 2.45) is 17.1 Å². The van der Waals surface area contributed by atoms with Gasteiger partial charge in [0.1, 0.15) is 0 Å². The van der Waals surface area contributed by atoms with Crippen LogP contribution in [0.2, 0.25) is 0 Å². The maximum atomic E-state index is 6.00. The molecule has 0 spiro atoms. The van der Waals surface area contributed by atoms with Crippen LogP contribution in [0.5, 0.6) is 0 Å². The lowest BCUT2D eigenvalue weighted by Crippen LogP contribution is -2.27. The fourth-order valence-corrected chi connectivity index (χ4v) is 1.54. The van der Waals surface area contributed by atoms with E-state index in [2.05, 4.69) is 37.8 Å². The predicted molar refractivity (Wildman–Crippen MR) is 72.1 cm³/mol. The number of likely N-dealkylation sites (N-methyl/N-ethyl adjacent to an activating group) is 1. The number of aromatic nitrogens is 2. The Labute approximate surface area is 110 Å². The molecule has 1 aromatic rings. The minimum atomic E-state index is -0.192. The van der Waals surface area contributed by atoms with Crippen LogP contribution in [0, 0.1) is 11.3 Å². The zero-order valence-corrected chi connectivity index (χ0v) is 12.4. The Morgan fingerprint density at radius 3 is 2.44 bits per heavy atom. The first kappa shape index (κ1) is 15.1. The number of hydrogen-bond donors (Lipinski definition) is 1. The third-order valence-electron chi connectivity index (χ3n) is 3.34. The van der Waals surface area contributed by atoms with E-state index in [9.17, 15) is 0 Å². The molecule has 18 heavy (non-hydrogen) atoms. The molecule has 5 heteroatoms. The third kappa shape index (κ3) is 4.38. The molecule has 0 bridgehead atoms. The first-order valence-electron chi connectivity index (χ1n) is 6.43. The zero-order chi connectivity index (χ0) is 13.9. The Kier molecular flexibility index (Phi) is 4.87. The van der Waals surface area contributed by atoms with Crippen molar-refractivity contribution in [2.45, 2.75) is 40.2 Å². The van der Waals surface area contributed by atoms with Gasteiger partial charge in [0, 0.05) is 13.0 Å². The highest BCUT2D eigenvalue weighted by molar-refractivity contribution is 4.95. The van der Waals surface area contributed by atoms with Crippen LogP contribution in [0.1, 0.15) is 45.5 Å². The molecule has 2 N–H and O–H groups in total. The molecule has 1 rings (SSSR count). The molecule has 0 aromatic carbocycles. The van der Waals surface area contributed by atoms with Gasteiger partial charge < -0.3 is 15.2 Å². The summed E-state index contributed by atoms with van der Waals surface area (Å²) in [5.74, 6) is 1.76. The highest BCUT2D eigenvalue weighted by Crippen LogP contribution is 2.28. The maximum Gasteiger partial charge on any atom is 0.226 e. The largest absolute Gasteiger partial charge is 0.339 e. The molecule has 0 saturated carbocycles. The fraction of sp³-hybridized carbons (Fsp3) is 0.846. The van der Waals surface area contributed by atoms with Crippen molar-refractivity contribution >= 4 is 0 Å². The summed E-state index contributed by atoms with van der Waals surface area (Å²) in [6, 6.07) is -0.192. The molecule has 5 nitrogen and oxygen atoms in total. The maximum absolute atomic E-state index is 6.00. The topological polar surface area (TPSA) is 68.2 Å². The Morgan fingerprint density at radius 1 is 1.33 bits per heavy atom. The second-order valence-corrected chi connectivity index (χ2v) is 6.39. The van der Waals surface area contributed by atoms with Crippen molar-refractivity contribution in [1.29, 1.82) is 0 Å². The first-order chi connectivity index (χ1) is 8.20. The van der Waals surface area contributed by atoms with Crippen LogP contribution in [0.25, 0.3) is 0 Å². The minimum absolute atomic E-state index is 0.192. The van der Waals surface area contributed by atoms with Gasteiger partial charge in [-0.05, 0) is 25.4 Å². The average Bonchev–Trinajstić information content (AvgIpc) is 2.63. The highest BCUT2D eigenvalue weighted by atomic mass is 16.5. The summed E-state index contributed by atoms with van der Waals surface area (Å²) in [5, 5.41) is 3.97. The zero-order valence-electron chi connectivity index (χ0n) is 12.4. The van der Waals surface area contributed by atoms with Crippen LogP contribution >= 0.6 is 0 Å². The Morgan fingerprint density at radius 2 is 1.94 bits per heavy atom. The van der Waals surface area contributed by atoms with Gasteiger partial charge in [-0.25, -0.2) is 0 Å². The molecular weight excluding hydrogens is 228 g/mol. The number of hydrogen-bond acceptors (Lipinski definition) is 5. The van der Waals surface area contributed by atoms with E-state index in [1.807, 2.05) is 19.0 Å². The molecule has 104 valence electrons. The van der Waals surface area contributed by atoms with E-state index in [1.165, 1.54) is 0 Å². The van der Waals surface area contributed by atoms with Crippen molar-refractivity contribution in [3.8, 4) is 0 Å². The van der Waals surface area contributed by atoms with Crippen molar-refractivity contribution in [2.75, 3.05) is 20.6 Å². The molecule has 1 heterocycles. The number of nitrogens with two attached hydrogens (primary N) is 1. The van der Waals surface area contributed by atoms with Crippen molar-refractivity contribution in [1.82, 2.24) is 15.0 Å². The van der Waals surface area contributed by atoms with Crippen molar-refractivity contribution in [3.63, 3.8) is 0 Å². The van der Waals surface area contributed by atoms with E-state index in [0.717, 1.165) is 6.42 Å². The summed E-state index contributed by atoms with van der Waals surface area (Å²) in [4.78, 5) is 6.40. The molecule has 1 aromatic heterocycles. The molecule has 0 aliphatic carbocycles. The summed E-state index contributed by atoms with van der Waals surface area (Å²) in [7, 11) is 3.95. The van der Waals surface area contributed by atoms with Gasteiger partial charge in [-0.1, -0.05) is 32.9 Å². The Bertz CT molecular complexity index is 367. The van der Waals surface area contributed by atoms with E-state index < -0.39 is 0 Å². The standard InChI is InChI=1S/C13H26N4O/c1-9(13(2,3)4)7-11-15-12(16-18-11)10(14)8-17(5)6/h9-10H,7-8,14H2,1-6H3. The van der Waals surface area contributed by atoms with E-state index >= 15 is 0 Å². The van der Waals surface area contributed by atoms with Crippen LogP contribution in [-0.4, -0.2) is 35.7 Å². The van der Waals surface area contributed by atoms with Crippen LogP contribution in [0.4, 0.5) is 0 Å². The summed E-state index contributed by atoms with van der Waals surface area (Å²) < 4.78 is 5.27. The molecule has 0 saturated heterocycles. The molecule has 0 amide bonds. The second-order valence-electron chi connectivity index (χ2n) is 6.39. The smallest absolute Gasteiger partial charge is 0.226 e. The van der Waals surface area contributed by atoms with Gasteiger partial charge >= 0.3 is 0 Å². The summed E-state index contributed by atoms with van der Waals surface area (Å²) >= 11 is 0. The van der Waals surface area contributed by atoms with Crippen molar-refractivity contribution in [3.05, 3.63) is 11.7 Å². The van der Waals surface area contributed by atoms with Gasteiger partial charge in [-0.2, -0.15) is 4.98 Å². The quantitative estimate of drug-likeness (QED) is 0.868. The second kappa shape index (κ2) is 5.80. The van der Waals surface area contributed by atoms with Gasteiger partial charge in [0.25, 0.3) is 0 Å². The Balaban J connectivity index is 2.63. The van der Waals surface area contributed by atoms with Gasteiger partial charge in [-0.15, -0.1) is 0 Å². The van der Waals surface area contributed by atoms with Crippen LogP contribution in [0.3, 0.4) is 0 Å². The van der Waals surface area contributed by atoms with E-state index in [-0.39, 0.29) is 11.5 Å². The molecule has 0 aliphatic rings. The monoisotopic (exact) mass is 254 g/mol. The summed E-state index contributed by atoms with van der Waals surface area (Å²) in [6.07, 6.45) is 0.797. The molecule has 2 atom stereocenters. The number of nitrogens with zero attached hydrogens (tertiary/aromatic N) is 3. The molecule has 2 unspecified atom stereocenters. The lowest BCUT2D eigenvalue weighted by atomic mass is 9.80. The summed E-state index contributed by atoms with van der Waals surface area (Å²) in [5.41, 5.74) is 6.24. The summed E-state index contributed by atoms with van der Waals surface area (Å²) in [6.45, 7) is 9.56. The van der Waals surface area contributed by atoms with Crippen molar-refractivity contribution < 1.29 is 4.52 Å². The minimum Gasteiger partial charge on any atom is -0.339 e. The highest BCUT2D eigenvalue weighted by Gasteiger charge is 2.23. The predicted octanol–water partition coefficient (Wildman–Crippen LogP) is 1.86. The molecular formula is C13H26N4O. The lowest BCUT2D eigenvalue weighted by Gasteiger charge is -2.25. The van der Waals surface area contributed by atoms with Crippen LogP contribution in [-0.2, 0) is 6.42 Å². The lowest BCUT2D eigenvalue weighted by molar-refractivity contribution is 0.236. The van der Waals surface area contributed by atoms with Gasteiger partial charge in [0.15, 0.2) is 5.82 Å². The van der Waals surface area contributed by atoms with Gasteiger partial charge in [0.2, 0.25) is 5.89 Å². The molecule has 0 fully saturated rings. The fourth-order valence-electron chi connectivity index (χ4n) is 1.54. The van der Waals surface area contributed by atoms with Crippen LogP contribution in [0.15, 0.2) is 4.52 Å². The molecule has 0 radical (unpaired) electrons. The average molecular weight is 254 g/mol. The Hall–Kier alpha value is -0.940. The van der Waals surface area contributed by atoms with E-state index in [4.69, 9.17) is 10.3 Å². The van der Waals surface area contributed by atoms with E-state index in [1.54, 1.807) is 0 Å². The van der Waals surface area contributed by atoms with Crippen LogP contribution < -0.4 is 5.73 Å². The SMILES string of the molecule is CC(Cc1nc(C(N)CN(C)C)no1)C(C)(C)C. The molecule has 0 aliphatic heterocycles. The van der Waals surface area contributed by atoms with Gasteiger partial charge in [0.05, 0.1) is 6.04 Å². The van der Waals surface area contributed by atoms with Gasteiger partial charge in [-0.3, -0.25) is 0 Å². The third-order valence-corrected chi connectivity index (χ3v) is 3.34. The normalized spacial score (nSPS) is 16.0. The first-order valence-corrected chi connectivity index (χ1v) is 6.43. The van der Waals surface area contributed by atoms with E-state index in [0.29, 0.717) is 24.2 Å².